The van der Waals surface area contributed by atoms with Crippen LogP contribution < -0.4 is 4.74 Å². The number of hydrogen-bond donors (Lipinski definition) is 0. The van der Waals surface area contributed by atoms with Crippen LogP contribution in [0.4, 0.5) is 0 Å². The first-order valence-corrected chi connectivity index (χ1v) is 10.0. The van der Waals surface area contributed by atoms with Crippen molar-refractivity contribution in [3.8, 4) is 17.1 Å². The number of piperazine rings is 1. The minimum Gasteiger partial charge on any atom is -0.493 e. The van der Waals surface area contributed by atoms with Gasteiger partial charge >= 0.3 is 0 Å². The Kier molecular flexibility index (Phi) is 4.85. The van der Waals surface area contributed by atoms with Crippen molar-refractivity contribution in [2.75, 3.05) is 32.8 Å². The summed E-state index contributed by atoms with van der Waals surface area (Å²) >= 11 is 0. The lowest BCUT2D eigenvalue weighted by Gasteiger charge is -2.34. The highest BCUT2D eigenvalue weighted by Gasteiger charge is 2.19. The number of benzene rings is 2. The van der Waals surface area contributed by atoms with Gasteiger partial charge in [-0.15, -0.1) is 0 Å². The topological polar surface area (TPSA) is 41.7 Å². The highest BCUT2D eigenvalue weighted by molar-refractivity contribution is 5.56. The van der Waals surface area contributed by atoms with Gasteiger partial charge in [0.2, 0.25) is 0 Å². The Hall–Kier alpha value is -2.63. The molecule has 144 valence electrons. The standard InChI is InChI=1S/C23H25N3O2/c1-2-4-19(5-3-1)23-15-21(24-28-23)17-26-11-9-25(10-12-26)16-18-6-7-22-20(14-18)8-13-27-22/h1-7,14-15H,8-13,16-17H2. The molecule has 2 aliphatic rings. The molecule has 28 heavy (non-hydrogen) atoms. The third kappa shape index (κ3) is 3.81. The second kappa shape index (κ2) is 7.78. The smallest absolute Gasteiger partial charge is 0.167 e. The van der Waals surface area contributed by atoms with Crippen LogP contribution in [0.25, 0.3) is 11.3 Å². The summed E-state index contributed by atoms with van der Waals surface area (Å²) in [4.78, 5) is 4.99. The van der Waals surface area contributed by atoms with E-state index in [0.717, 1.165) is 75.1 Å². The molecule has 3 aromatic rings. The summed E-state index contributed by atoms with van der Waals surface area (Å²) in [5, 5.41) is 4.26. The maximum absolute atomic E-state index is 5.61. The van der Waals surface area contributed by atoms with Gasteiger partial charge in [0.05, 0.1) is 12.3 Å². The number of rotatable bonds is 5. The maximum Gasteiger partial charge on any atom is 0.167 e. The lowest BCUT2D eigenvalue weighted by Crippen LogP contribution is -2.45. The summed E-state index contributed by atoms with van der Waals surface area (Å²) < 4.78 is 11.1. The molecule has 3 heterocycles. The molecule has 0 bridgehead atoms. The minimum absolute atomic E-state index is 0.825. The Labute approximate surface area is 165 Å². The average Bonchev–Trinajstić information content (AvgIpc) is 3.39. The SMILES string of the molecule is c1ccc(-c2cc(CN3CCN(Cc4ccc5c(c4)CCO5)CC3)no2)cc1. The molecule has 0 N–H and O–H groups in total. The highest BCUT2D eigenvalue weighted by atomic mass is 16.5. The van der Waals surface area contributed by atoms with Crippen molar-refractivity contribution in [2.45, 2.75) is 19.5 Å². The first-order chi connectivity index (χ1) is 13.8. The fraction of sp³-hybridized carbons (Fsp3) is 0.348. The van der Waals surface area contributed by atoms with Crippen molar-refractivity contribution in [1.29, 1.82) is 0 Å². The van der Waals surface area contributed by atoms with E-state index in [4.69, 9.17) is 9.26 Å². The third-order valence-corrected chi connectivity index (χ3v) is 5.63. The highest BCUT2D eigenvalue weighted by Crippen LogP contribution is 2.26. The lowest BCUT2D eigenvalue weighted by atomic mass is 10.1. The molecule has 0 atom stereocenters. The maximum atomic E-state index is 5.61. The molecule has 5 heteroatoms. The summed E-state index contributed by atoms with van der Waals surface area (Å²) in [7, 11) is 0. The zero-order chi connectivity index (χ0) is 18.8. The van der Waals surface area contributed by atoms with Crippen molar-refractivity contribution in [3.63, 3.8) is 0 Å². The van der Waals surface area contributed by atoms with Crippen LogP contribution in [0, 0.1) is 0 Å². The predicted molar refractivity (Wildman–Crippen MR) is 108 cm³/mol. The largest absolute Gasteiger partial charge is 0.493 e. The number of fused-ring (bicyclic) bond motifs is 1. The van der Waals surface area contributed by atoms with Crippen LogP contribution in [0.3, 0.4) is 0 Å². The molecule has 1 fully saturated rings. The molecule has 0 unspecified atom stereocenters. The van der Waals surface area contributed by atoms with Crippen LogP contribution in [0.5, 0.6) is 5.75 Å². The summed E-state index contributed by atoms with van der Waals surface area (Å²) in [6.45, 7) is 6.96. The van der Waals surface area contributed by atoms with E-state index in [2.05, 4.69) is 39.2 Å². The van der Waals surface area contributed by atoms with Gasteiger partial charge in [0.15, 0.2) is 5.76 Å². The van der Waals surface area contributed by atoms with Crippen molar-refractivity contribution < 1.29 is 9.26 Å². The molecule has 5 rings (SSSR count). The zero-order valence-corrected chi connectivity index (χ0v) is 16.0. The molecule has 1 aromatic heterocycles. The first kappa shape index (κ1) is 17.5. The molecule has 0 aliphatic carbocycles. The van der Waals surface area contributed by atoms with E-state index < -0.39 is 0 Å². The summed E-state index contributed by atoms with van der Waals surface area (Å²) in [5.74, 6) is 1.91. The Morgan fingerprint density at radius 2 is 1.64 bits per heavy atom. The van der Waals surface area contributed by atoms with Gasteiger partial charge in [-0.2, -0.15) is 0 Å². The number of aromatic nitrogens is 1. The van der Waals surface area contributed by atoms with E-state index in [0.29, 0.717) is 0 Å². The lowest BCUT2D eigenvalue weighted by molar-refractivity contribution is 0.120. The summed E-state index contributed by atoms with van der Waals surface area (Å²) in [6, 6.07) is 18.9. The van der Waals surface area contributed by atoms with Crippen LogP contribution in [-0.4, -0.2) is 47.7 Å². The van der Waals surface area contributed by atoms with Gasteiger partial charge in [0.25, 0.3) is 0 Å². The molecular formula is C23H25N3O2. The first-order valence-electron chi connectivity index (χ1n) is 10.0. The van der Waals surface area contributed by atoms with E-state index in [1.54, 1.807) is 0 Å². The Balaban J connectivity index is 1.14. The second-order valence-corrected chi connectivity index (χ2v) is 7.64. The molecule has 2 aromatic carbocycles. The predicted octanol–water partition coefficient (Wildman–Crippen LogP) is 3.59. The van der Waals surface area contributed by atoms with Crippen LogP contribution >= 0.6 is 0 Å². The average molecular weight is 375 g/mol. The van der Waals surface area contributed by atoms with Crippen molar-refractivity contribution in [2.24, 2.45) is 0 Å². The molecule has 0 amide bonds. The molecule has 2 aliphatic heterocycles. The van der Waals surface area contributed by atoms with Gasteiger partial charge in [-0.25, -0.2) is 0 Å². The van der Waals surface area contributed by atoms with Crippen LogP contribution in [-0.2, 0) is 19.5 Å². The zero-order valence-electron chi connectivity index (χ0n) is 16.0. The fourth-order valence-electron chi connectivity index (χ4n) is 4.06. The fourth-order valence-corrected chi connectivity index (χ4v) is 4.06. The van der Waals surface area contributed by atoms with E-state index in [9.17, 15) is 0 Å². The van der Waals surface area contributed by atoms with E-state index in [1.165, 1.54) is 11.1 Å². The van der Waals surface area contributed by atoms with Crippen molar-refractivity contribution >= 4 is 0 Å². The minimum atomic E-state index is 0.825. The molecular weight excluding hydrogens is 350 g/mol. The molecule has 0 saturated carbocycles. The third-order valence-electron chi connectivity index (χ3n) is 5.63. The van der Waals surface area contributed by atoms with E-state index in [1.807, 2.05) is 30.3 Å². The van der Waals surface area contributed by atoms with Gasteiger partial charge in [-0.3, -0.25) is 9.80 Å². The van der Waals surface area contributed by atoms with Crippen LogP contribution in [0.1, 0.15) is 16.8 Å². The van der Waals surface area contributed by atoms with Gasteiger partial charge in [0, 0.05) is 57.3 Å². The molecule has 0 radical (unpaired) electrons. The Bertz CT molecular complexity index is 930. The van der Waals surface area contributed by atoms with Gasteiger partial charge < -0.3 is 9.26 Å². The monoisotopic (exact) mass is 375 g/mol. The van der Waals surface area contributed by atoms with Gasteiger partial charge in [-0.05, 0) is 17.2 Å². The van der Waals surface area contributed by atoms with Crippen molar-refractivity contribution in [3.05, 3.63) is 71.4 Å². The van der Waals surface area contributed by atoms with Crippen LogP contribution in [0.15, 0.2) is 59.1 Å². The molecule has 5 nitrogen and oxygen atoms in total. The number of ether oxygens (including phenoxy) is 1. The molecule has 1 saturated heterocycles. The van der Waals surface area contributed by atoms with Crippen molar-refractivity contribution in [1.82, 2.24) is 15.0 Å². The quantitative estimate of drug-likeness (QED) is 0.682. The number of nitrogens with zero attached hydrogens (tertiary/aromatic N) is 3. The Morgan fingerprint density at radius 1 is 0.857 bits per heavy atom. The normalized spacial score (nSPS) is 17.4. The molecule has 0 spiro atoms. The van der Waals surface area contributed by atoms with E-state index in [-0.39, 0.29) is 0 Å². The Morgan fingerprint density at radius 3 is 2.46 bits per heavy atom. The summed E-state index contributed by atoms with van der Waals surface area (Å²) in [6.07, 6.45) is 1.04. The van der Waals surface area contributed by atoms with Crippen LogP contribution in [0.2, 0.25) is 0 Å². The van der Waals surface area contributed by atoms with Gasteiger partial charge in [0.1, 0.15) is 5.75 Å². The second-order valence-electron chi connectivity index (χ2n) is 7.64. The van der Waals surface area contributed by atoms with Gasteiger partial charge in [-0.1, -0.05) is 47.6 Å². The summed E-state index contributed by atoms with van der Waals surface area (Å²) in [5.41, 5.74) is 4.83. The number of hydrogen-bond acceptors (Lipinski definition) is 5. The van der Waals surface area contributed by atoms with E-state index >= 15 is 0 Å².